The number of thioether (sulfide) groups is 1. The van der Waals surface area contributed by atoms with E-state index >= 15 is 0 Å². The molecule has 2 rings (SSSR count). The molecule has 0 spiro atoms. The molecule has 2 atom stereocenters. The Bertz CT molecular complexity index is 905. The maximum atomic E-state index is 12.1. The van der Waals surface area contributed by atoms with Crippen molar-refractivity contribution < 1.29 is 14.0 Å². The van der Waals surface area contributed by atoms with E-state index in [0.717, 1.165) is 12.2 Å². The third-order valence-corrected chi connectivity index (χ3v) is 12.1. The van der Waals surface area contributed by atoms with Crippen molar-refractivity contribution >= 4 is 26.0 Å². The van der Waals surface area contributed by atoms with E-state index in [1.165, 1.54) is 16.0 Å². The average molecular weight is 477 g/mol. The van der Waals surface area contributed by atoms with Crippen LogP contribution >= 0.6 is 11.8 Å². The largest absolute Gasteiger partial charge is 0.461 e. The summed E-state index contributed by atoms with van der Waals surface area (Å²) in [6.07, 6.45) is 4.45. The number of benzene rings is 1. The number of esters is 1. The van der Waals surface area contributed by atoms with Gasteiger partial charge in [0.05, 0.1) is 25.1 Å². The van der Waals surface area contributed by atoms with Gasteiger partial charge in [0.25, 0.3) is 0 Å². The predicted octanol–water partition coefficient (Wildman–Crippen LogP) is 6.81. The summed E-state index contributed by atoms with van der Waals surface area (Å²) in [6.45, 7) is 19.9. The van der Waals surface area contributed by atoms with Crippen LogP contribution in [-0.2, 0) is 9.16 Å². The van der Waals surface area contributed by atoms with Crippen LogP contribution < -0.4 is 0 Å². The zero-order valence-electron chi connectivity index (χ0n) is 21.2. The highest BCUT2D eigenvalue weighted by Crippen LogP contribution is 2.39. The van der Waals surface area contributed by atoms with Crippen LogP contribution in [0.1, 0.15) is 68.7 Å². The van der Waals surface area contributed by atoms with Crippen LogP contribution in [0, 0.1) is 13.8 Å². The average Bonchev–Trinajstić information content (AvgIpc) is 3.16. The first kappa shape index (κ1) is 26.7. The Kier molecular flexibility index (Phi) is 9.20. The maximum Gasteiger partial charge on any atom is 0.358 e. The molecular weight excluding hydrogens is 436 g/mol. The lowest BCUT2D eigenvalue weighted by Gasteiger charge is -2.40. The molecule has 5 nitrogen and oxygen atoms in total. The Morgan fingerprint density at radius 1 is 1.22 bits per heavy atom. The number of aromatic nitrogens is 2. The molecule has 178 valence electrons. The minimum atomic E-state index is -1.94. The summed E-state index contributed by atoms with van der Waals surface area (Å²) in [5.41, 5.74) is 2.97. The Morgan fingerprint density at radius 2 is 1.91 bits per heavy atom. The number of nitrogens with zero attached hydrogens (tertiary/aromatic N) is 2. The molecule has 0 saturated heterocycles. The summed E-state index contributed by atoms with van der Waals surface area (Å²) in [5, 5.41) is 0.130. The minimum absolute atomic E-state index is 0.000455. The summed E-state index contributed by atoms with van der Waals surface area (Å²) in [7, 11) is -1.94. The van der Waals surface area contributed by atoms with E-state index in [9.17, 15) is 4.79 Å². The second-order valence-corrected chi connectivity index (χ2v) is 15.9. The molecular formula is C25H40N2O3SSi. The Morgan fingerprint density at radius 3 is 2.50 bits per heavy atom. The van der Waals surface area contributed by atoms with Crippen molar-refractivity contribution in [2.75, 3.05) is 12.4 Å². The van der Waals surface area contributed by atoms with E-state index in [1.54, 1.807) is 19.4 Å². The number of carbonyl (C=O) groups is 1. The van der Waals surface area contributed by atoms with E-state index in [0.29, 0.717) is 12.3 Å². The van der Waals surface area contributed by atoms with E-state index in [-0.39, 0.29) is 23.2 Å². The Labute approximate surface area is 199 Å². The van der Waals surface area contributed by atoms with Gasteiger partial charge in [0, 0.05) is 16.8 Å². The van der Waals surface area contributed by atoms with Gasteiger partial charge in [-0.15, -0.1) is 11.8 Å². The first-order chi connectivity index (χ1) is 14.9. The minimum Gasteiger partial charge on any atom is -0.461 e. The standard InChI is InChI=1S/C25H40N2O3SSi/c1-10-29-24(28)22-16-27(17-26-22)23(20(4)30-32(8,9)25(5,6)7)13-14-31-21-12-11-18(2)19(3)15-21/h11-12,15-17,20,23H,10,13-14H2,1-9H3. The highest BCUT2D eigenvalue weighted by molar-refractivity contribution is 7.99. The molecule has 0 radical (unpaired) electrons. The summed E-state index contributed by atoms with van der Waals surface area (Å²) in [6, 6.07) is 6.70. The molecule has 0 saturated carbocycles. The molecule has 7 heteroatoms. The van der Waals surface area contributed by atoms with Crippen LogP contribution in [0.3, 0.4) is 0 Å². The molecule has 1 aromatic heterocycles. The fourth-order valence-electron chi connectivity index (χ4n) is 3.28. The van der Waals surface area contributed by atoms with E-state index in [2.05, 4.69) is 77.8 Å². The molecule has 0 N–H and O–H groups in total. The number of carbonyl (C=O) groups excluding carboxylic acids is 1. The molecule has 32 heavy (non-hydrogen) atoms. The first-order valence-corrected chi connectivity index (χ1v) is 15.3. The van der Waals surface area contributed by atoms with Crippen molar-refractivity contribution in [3.63, 3.8) is 0 Å². The number of hydrogen-bond donors (Lipinski definition) is 0. The summed E-state index contributed by atoms with van der Waals surface area (Å²) in [5.74, 6) is 0.568. The highest BCUT2D eigenvalue weighted by Gasteiger charge is 2.40. The molecule has 2 aromatic rings. The zero-order chi connectivity index (χ0) is 24.1. The predicted molar refractivity (Wildman–Crippen MR) is 136 cm³/mol. The van der Waals surface area contributed by atoms with Crippen molar-refractivity contribution in [2.24, 2.45) is 0 Å². The topological polar surface area (TPSA) is 53.4 Å². The number of ether oxygens (including phenoxy) is 1. The van der Waals surface area contributed by atoms with Gasteiger partial charge < -0.3 is 13.7 Å². The lowest BCUT2D eigenvalue weighted by Crippen LogP contribution is -2.45. The molecule has 1 heterocycles. The van der Waals surface area contributed by atoms with Crippen molar-refractivity contribution in [1.82, 2.24) is 9.55 Å². The molecule has 2 unspecified atom stereocenters. The fourth-order valence-corrected chi connectivity index (χ4v) is 5.74. The van der Waals surface area contributed by atoms with Crippen LogP contribution in [0.25, 0.3) is 0 Å². The summed E-state index contributed by atoms with van der Waals surface area (Å²) < 4.78 is 13.9. The van der Waals surface area contributed by atoms with Gasteiger partial charge in [-0.25, -0.2) is 9.78 Å². The smallest absolute Gasteiger partial charge is 0.358 e. The molecule has 0 fully saturated rings. The molecule has 1 aromatic carbocycles. The lowest BCUT2D eigenvalue weighted by molar-refractivity contribution is 0.0519. The number of aryl methyl sites for hydroxylation is 2. The molecule has 0 aliphatic rings. The monoisotopic (exact) mass is 476 g/mol. The van der Waals surface area contributed by atoms with Crippen LogP contribution in [0.2, 0.25) is 18.1 Å². The van der Waals surface area contributed by atoms with Crippen molar-refractivity contribution in [2.45, 2.75) is 90.1 Å². The summed E-state index contributed by atoms with van der Waals surface area (Å²) in [4.78, 5) is 17.7. The van der Waals surface area contributed by atoms with Crippen molar-refractivity contribution in [1.29, 1.82) is 0 Å². The first-order valence-electron chi connectivity index (χ1n) is 11.4. The van der Waals surface area contributed by atoms with Gasteiger partial charge in [0.2, 0.25) is 0 Å². The summed E-state index contributed by atoms with van der Waals surface area (Å²) >= 11 is 1.86. The third kappa shape index (κ3) is 6.96. The van der Waals surface area contributed by atoms with Crippen LogP contribution in [0.15, 0.2) is 35.6 Å². The quantitative estimate of drug-likeness (QED) is 0.214. The van der Waals surface area contributed by atoms with Gasteiger partial charge in [-0.1, -0.05) is 26.8 Å². The Balaban J connectivity index is 2.20. The molecule has 0 amide bonds. The van der Waals surface area contributed by atoms with Crippen molar-refractivity contribution in [3.8, 4) is 0 Å². The molecule has 0 aliphatic heterocycles. The maximum absolute atomic E-state index is 12.1. The zero-order valence-corrected chi connectivity index (χ0v) is 23.0. The number of hydrogen-bond acceptors (Lipinski definition) is 5. The van der Waals surface area contributed by atoms with Gasteiger partial charge in [0.1, 0.15) is 0 Å². The normalized spacial score (nSPS) is 14.3. The van der Waals surface area contributed by atoms with Gasteiger partial charge >= 0.3 is 5.97 Å². The lowest BCUT2D eigenvalue weighted by atomic mass is 10.1. The molecule has 0 bridgehead atoms. The number of rotatable bonds is 10. The van der Waals surface area contributed by atoms with E-state index in [4.69, 9.17) is 9.16 Å². The Hall–Kier alpha value is -1.57. The number of imidazole rings is 1. The highest BCUT2D eigenvalue weighted by atomic mass is 32.2. The van der Waals surface area contributed by atoms with E-state index < -0.39 is 8.32 Å². The van der Waals surface area contributed by atoms with Crippen LogP contribution in [0.4, 0.5) is 0 Å². The third-order valence-electron chi connectivity index (χ3n) is 6.46. The van der Waals surface area contributed by atoms with Crippen molar-refractivity contribution in [3.05, 3.63) is 47.5 Å². The van der Waals surface area contributed by atoms with Gasteiger partial charge in [0.15, 0.2) is 14.0 Å². The fraction of sp³-hybridized carbons (Fsp3) is 0.600. The van der Waals surface area contributed by atoms with Crippen LogP contribution in [-0.4, -0.2) is 42.3 Å². The van der Waals surface area contributed by atoms with Gasteiger partial charge in [-0.2, -0.15) is 0 Å². The molecule has 0 aliphatic carbocycles. The van der Waals surface area contributed by atoms with Gasteiger partial charge in [-0.05, 0) is 75.5 Å². The second kappa shape index (κ2) is 11.0. The van der Waals surface area contributed by atoms with Crippen LogP contribution in [0.5, 0.6) is 0 Å². The SMILES string of the molecule is CCOC(=O)c1cn(C(CCSc2ccc(C)c(C)c2)C(C)O[Si](C)(C)C(C)(C)C)cn1. The second-order valence-electron chi connectivity index (χ2n) is 9.96. The van der Waals surface area contributed by atoms with E-state index in [1.807, 2.05) is 16.3 Å². The van der Waals surface area contributed by atoms with Gasteiger partial charge in [-0.3, -0.25) is 0 Å².